The molecule has 0 amide bonds. The lowest BCUT2D eigenvalue weighted by Gasteiger charge is -2.11. The number of aromatic nitrogens is 2. The van der Waals surface area contributed by atoms with Gasteiger partial charge in [-0.2, -0.15) is 10.5 Å². The Morgan fingerprint density at radius 2 is 2.08 bits per heavy atom. The van der Waals surface area contributed by atoms with Crippen molar-refractivity contribution in [3.63, 3.8) is 0 Å². The standard InChI is InChI=1S/C18H21N5S/c1-12(2)5-6-23-13(3)7-16(14(23)4)17-11-24-18(22-17)21-10-15(8-19)9-20/h7,10-12H,5-6H2,1-4H3,(H,21,22). The normalized spacial score (nSPS) is 10.3. The van der Waals surface area contributed by atoms with Gasteiger partial charge in [-0.1, -0.05) is 13.8 Å². The van der Waals surface area contributed by atoms with E-state index in [-0.39, 0.29) is 5.57 Å². The van der Waals surface area contributed by atoms with Crippen LogP contribution < -0.4 is 5.32 Å². The first kappa shape index (κ1) is 17.8. The monoisotopic (exact) mass is 339 g/mol. The van der Waals surface area contributed by atoms with Gasteiger partial charge in [0, 0.05) is 35.1 Å². The van der Waals surface area contributed by atoms with Crippen LogP contribution in [0.4, 0.5) is 5.13 Å². The van der Waals surface area contributed by atoms with Crippen LogP contribution in [0.1, 0.15) is 31.7 Å². The zero-order valence-corrected chi connectivity index (χ0v) is 15.2. The van der Waals surface area contributed by atoms with Gasteiger partial charge in [0.2, 0.25) is 0 Å². The quantitative estimate of drug-likeness (QED) is 0.779. The molecule has 0 unspecified atom stereocenters. The molecule has 0 radical (unpaired) electrons. The van der Waals surface area contributed by atoms with Crippen LogP contribution in [0, 0.1) is 42.4 Å². The number of hydrogen-bond acceptors (Lipinski definition) is 5. The molecule has 0 saturated carbocycles. The van der Waals surface area contributed by atoms with Gasteiger partial charge in [-0.05, 0) is 32.3 Å². The summed E-state index contributed by atoms with van der Waals surface area (Å²) in [5.74, 6) is 0.672. The number of aryl methyl sites for hydroxylation is 1. The average molecular weight is 339 g/mol. The number of nitriles is 2. The largest absolute Gasteiger partial charge is 0.348 e. The van der Waals surface area contributed by atoms with Crippen molar-refractivity contribution < 1.29 is 0 Å². The SMILES string of the molecule is Cc1cc(-c2csc(NC=C(C#N)C#N)n2)c(C)n1CCC(C)C. The highest BCUT2D eigenvalue weighted by Gasteiger charge is 2.13. The number of nitrogens with one attached hydrogen (secondary N) is 1. The molecule has 0 aliphatic heterocycles. The molecule has 2 aromatic rings. The van der Waals surface area contributed by atoms with Crippen molar-refractivity contribution in [2.45, 2.75) is 40.7 Å². The van der Waals surface area contributed by atoms with Crippen molar-refractivity contribution in [3.05, 3.63) is 34.6 Å². The summed E-state index contributed by atoms with van der Waals surface area (Å²) in [6.07, 6.45) is 2.53. The molecule has 6 heteroatoms. The molecule has 0 aliphatic rings. The molecule has 0 saturated heterocycles. The van der Waals surface area contributed by atoms with E-state index in [1.54, 1.807) is 0 Å². The molecule has 0 fully saturated rings. The Labute approximate surface area is 146 Å². The van der Waals surface area contributed by atoms with Gasteiger partial charge in [-0.25, -0.2) is 4.98 Å². The second kappa shape index (κ2) is 7.81. The summed E-state index contributed by atoms with van der Waals surface area (Å²) in [4.78, 5) is 4.56. The first-order valence-electron chi connectivity index (χ1n) is 7.85. The van der Waals surface area contributed by atoms with Crippen LogP contribution in [0.5, 0.6) is 0 Å². The third-order valence-electron chi connectivity index (χ3n) is 3.86. The van der Waals surface area contributed by atoms with E-state index in [9.17, 15) is 0 Å². The molecule has 2 aromatic heterocycles. The third kappa shape index (κ3) is 4.04. The van der Waals surface area contributed by atoms with Gasteiger partial charge in [0.15, 0.2) is 5.13 Å². The molecular formula is C18H21N5S. The predicted molar refractivity (Wildman–Crippen MR) is 97.4 cm³/mol. The molecular weight excluding hydrogens is 318 g/mol. The summed E-state index contributed by atoms with van der Waals surface area (Å²) in [5, 5.41) is 23.1. The van der Waals surface area contributed by atoms with E-state index in [2.05, 4.69) is 48.6 Å². The van der Waals surface area contributed by atoms with Crippen LogP contribution >= 0.6 is 11.3 Å². The van der Waals surface area contributed by atoms with E-state index in [0.29, 0.717) is 11.0 Å². The van der Waals surface area contributed by atoms with Gasteiger partial charge in [0.1, 0.15) is 17.7 Å². The highest BCUT2D eigenvalue weighted by molar-refractivity contribution is 7.14. The Hall–Kier alpha value is -2.57. The summed E-state index contributed by atoms with van der Waals surface area (Å²) >= 11 is 1.45. The van der Waals surface area contributed by atoms with Crippen LogP contribution in [0.2, 0.25) is 0 Å². The van der Waals surface area contributed by atoms with Gasteiger partial charge in [0.25, 0.3) is 0 Å². The fourth-order valence-corrected chi connectivity index (χ4v) is 3.16. The van der Waals surface area contributed by atoms with E-state index in [4.69, 9.17) is 10.5 Å². The Morgan fingerprint density at radius 1 is 1.38 bits per heavy atom. The van der Waals surface area contributed by atoms with Crippen LogP contribution in [-0.2, 0) is 6.54 Å². The summed E-state index contributed by atoms with van der Waals surface area (Å²) in [6, 6.07) is 5.80. The first-order valence-corrected chi connectivity index (χ1v) is 8.73. The van der Waals surface area contributed by atoms with Gasteiger partial charge >= 0.3 is 0 Å². The van der Waals surface area contributed by atoms with Gasteiger partial charge in [0.05, 0.1) is 5.69 Å². The predicted octanol–water partition coefficient (Wildman–Crippen LogP) is 4.62. The molecule has 0 spiro atoms. The van der Waals surface area contributed by atoms with Gasteiger partial charge < -0.3 is 9.88 Å². The van der Waals surface area contributed by atoms with Crippen LogP contribution in [0.15, 0.2) is 23.2 Å². The highest BCUT2D eigenvalue weighted by Crippen LogP contribution is 2.30. The van der Waals surface area contributed by atoms with E-state index in [0.717, 1.165) is 24.2 Å². The minimum Gasteiger partial charge on any atom is -0.348 e. The minimum absolute atomic E-state index is 0.0265. The zero-order chi connectivity index (χ0) is 17.7. The smallest absolute Gasteiger partial charge is 0.187 e. The summed E-state index contributed by atoms with van der Waals surface area (Å²) in [5.41, 5.74) is 4.52. The molecule has 0 aliphatic carbocycles. The fourth-order valence-electron chi connectivity index (χ4n) is 2.48. The Balaban J connectivity index is 2.22. The summed E-state index contributed by atoms with van der Waals surface area (Å²) in [7, 11) is 0. The number of anilines is 1. The second-order valence-electron chi connectivity index (χ2n) is 6.08. The van der Waals surface area contributed by atoms with E-state index >= 15 is 0 Å². The lowest BCUT2D eigenvalue weighted by atomic mass is 10.1. The van der Waals surface area contributed by atoms with Crippen molar-refractivity contribution in [2.24, 2.45) is 5.92 Å². The van der Waals surface area contributed by atoms with Crippen LogP contribution in [0.3, 0.4) is 0 Å². The maximum absolute atomic E-state index is 8.75. The lowest BCUT2D eigenvalue weighted by molar-refractivity contribution is 0.507. The number of nitrogens with zero attached hydrogens (tertiary/aromatic N) is 4. The molecule has 1 N–H and O–H groups in total. The van der Waals surface area contributed by atoms with Crippen LogP contribution in [0.25, 0.3) is 11.3 Å². The topological polar surface area (TPSA) is 77.4 Å². The number of hydrogen-bond donors (Lipinski definition) is 1. The maximum atomic E-state index is 8.75. The first-order chi connectivity index (χ1) is 11.5. The number of thiazole rings is 1. The van der Waals surface area contributed by atoms with Crippen molar-refractivity contribution in [2.75, 3.05) is 5.32 Å². The van der Waals surface area contributed by atoms with E-state index in [1.807, 2.05) is 17.5 Å². The minimum atomic E-state index is 0.0265. The summed E-state index contributed by atoms with van der Waals surface area (Å²) in [6.45, 7) is 9.73. The van der Waals surface area contributed by atoms with Crippen molar-refractivity contribution >= 4 is 16.5 Å². The summed E-state index contributed by atoms with van der Waals surface area (Å²) < 4.78 is 2.34. The van der Waals surface area contributed by atoms with E-state index < -0.39 is 0 Å². The van der Waals surface area contributed by atoms with Gasteiger partial charge in [-0.3, -0.25) is 0 Å². The molecule has 0 bridgehead atoms. The Kier molecular flexibility index (Phi) is 5.78. The highest BCUT2D eigenvalue weighted by atomic mass is 32.1. The molecule has 0 aromatic carbocycles. The number of rotatable bonds is 6. The number of allylic oxidation sites excluding steroid dienone is 1. The molecule has 24 heavy (non-hydrogen) atoms. The third-order valence-corrected chi connectivity index (χ3v) is 4.64. The molecule has 0 atom stereocenters. The average Bonchev–Trinajstić information content (AvgIpc) is 3.11. The van der Waals surface area contributed by atoms with Crippen molar-refractivity contribution in [3.8, 4) is 23.4 Å². The maximum Gasteiger partial charge on any atom is 0.187 e. The Morgan fingerprint density at radius 3 is 2.71 bits per heavy atom. The van der Waals surface area contributed by atoms with Gasteiger partial charge in [-0.15, -0.1) is 11.3 Å². The lowest BCUT2D eigenvalue weighted by Crippen LogP contribution is -2.05. The van der Waals surface area contributed by atoms with Crippen LogP contribution in [-0.4, -0.2) is 9.55 Å². The zero-order valence-electron chi connectivity index (χ0n) is 14.4. The molecule has 2 rings (SSSR count). The fraction of sp³-hybridized carbons (Fsp3) is 0.389. The second-order valence-corrected chi connectivity index (χ2v) is 6.94. The van der Waals surface area contributed by atoms with Crippen molar-refractivity contribution in [1.29, 1.82) is 10.5 Å². The molecule has 5 nitrogen and oxygen atoms in total. The molecule has 2 heterocycles. The van der Waals surface area contributed by atoms with Crippen molar-refractivity contribution in [1.82, 2.24) is 9.55 Å². The van der Waals surface area contributed by atoms with E-state index in [1.165, 1.54) is 28.9 Å². The molecule has 124 valence electrons. The Bertz CT molecular complexity index is 811.